The van der Waals surface area contributed by atoms with Crippen molar-refractivity contribution in [2.24, 2.45) is 5.73 Å². The van der Waals surface area contributed by atoms with Gasteiger partial charge >= 0.3 is 30.4 Å². The first-order chi connectivity index (χ1) is 22.4. The first-order valence-electron chi connectivity index (χ1n) is 13.3. The predicted molar refractivity (Wildman–Crippen MR) is 154 cm³/mol. The lowest BCUT2D eigenvalue weighted by molar-refractivity contribution is -0.193. The highest BCUT2D eigenvalue weighted by atomic mass is 19.4. The van der Waals surface area contributed by atoms with Crippen molar-refractivity contribution in [2.45, 2.75) is 37.8 Å². The summed E-state index contributed by atoms with van der Waals surface area (Å²) < 4.78 is 74.4. The summed E-state index contributed by atoms with van der Waals surface area (Å²) in [6, 6.07) is 15.4. The number of carboxylic acids is 2. The molecular weight excluding hydrogens is 662 g/mol. The van der Waals surface area contributed by atoms with Gasteiger partial charge in [0.15, 0.2) is 0 Å². The molecule has 0 aliphatic carbocycles. The summed E-state index contributed by atoms with van der Waals surface area (Å²) in [4.78, 5) is 49.8. The molecule has 1 heterocycles. The number of nitrogens with zero attached hydrogens (tertiary/aromatic N) is 1. The lowest BCUT2D eigenvalue weighted by atomic mass is 10.1. The highest BCUT2D eigenvalue weighted by molar-refractivity contribution is 5.95. The van der Waals surface area contributed by atoms with Gasteiger partial charge in [-0.05, 0) is 24.1 Å². The molecule has 3 aromatic rings. The van der Waals surface area contributed by atoms with Gasteiger partial charge in [-0.1, -0.05) is 42.5 Å². The van der Waals surface area contributed by atoms with E-state index in [2.05, 4.69) is 20.6 Å². The molecule has 0 aliphatic heterocycles. The smallest absolute Gasteiger partial charge is 0.490 e. The lowest BCUT2D eigenvalue weighted by Gasteiger charge is -2.18. The Morgan fingerprint density at radius 2 is 1.56 bits per heavy atom. The minimum absolute atomic E-state index is 0.0320. The van der Waals surface area contributed by atoms with Crippen LogP contribution in [0.2, 0.25) is 0 Å². The van der Waals surface area contributed by atoms with Gasteiger partial charge < -0.3 is 41.0 Å². The molecule has 262 valence electrons. The average Bonchev–Trinajstić information content (AvgIpc) is 3.53. The van der Waals surface area contributed by atoms with Crippen LogP contribution in [0.15, 0.2) is 67.1 Å². The van der Waals surface area contributed by atoms with Crippen molar-refractivity contribution >= 4 is 29.8 Å². The number of aromatic nitrogens is 2. The first-order valence-corrected chi connectivity index (χ1v) is 13.3. The number of halogens is 6. The number of rotatable bonds is 12. The largest absolute Gasteiger partial charge is 0.494 e. The fourth-order valence-corrected chi connectivity index (χ4v) is 3.08. The number of aliphatic carboxylic acids is 2. The van der Waals surface area contributed by atoms with E-state index in [-0.39, 0.29) is 24.8 Å². The van der Waals surface area contributed by atoms with Crippen LogP contribution >= 0.6 is 0 Å². The zero-order valence-electron chi connectivity index (χ0n) is 24.6. The number of aromatic amines is 1. The standard InChI is InChI=1S/C24H28N6O4.2C2HF3O2/c25-22(26)18-8-4-9-20(12-18)33-11-5-10-28-23(31)21(13-19-14-27-16-29-19)30-24(32)34-15-17-6-2-1-3-7-17;2*3-2(4,5)1(6)7/h1-4,6-9,12,14,16,21H,5,10-11,13,15H2,(H3,25,26)(H,27,29)(H,28,31)(H,30,32);2*(H,6,7)/t21-;;/m0../s1. The molecule has 0 radical (unpaired) electrons. The second kappa shape index (κ2) is 19.6. The molecule has 0 bridgehead atoms. The molecule has 2 amide bonds. The van der Waals surface area contributed by atoms with Crippen LogP contribution < -0.4 is 21.1 Å². The van der Waals surface area contributed by atoms with Gasteiger partial charge in [0.2, 0.25) is 5.91 Å². The number of hydrogen-bond acceptors (Lipinski definition) is 8. The molecule has 1 aromatic heterocycles. The quantitative estimate of drug-likeness (QED) is 0.0633. The number of carbonyl (C=O) groups excluding carboxylic acids is 2. The third kappa shape index (κ3) is 17.0. The summed E-state index contributed by atoms with van der Waals surface area (Å²) in [6.07, 6.45) is -6.92. The fraction of sp³-hybridized carbons (Fsp3) is 0.286. The molecular formula is C28H30F6N6O8. The van der Waals surface area contributed by atoms with E-state index in [0.717, 1.165) is 5.56 Å². The second-order valence-corrected chi connectivity index (χ2v) is 9.06. The molecule has 8 N–H and O–H groups in total. The topological polar surface area (TPSA) is 230 Å². The number of alkyl halides is 6. The molecule has 0 spiro atoms. The number of amides is 2. The molecule has 1 atom stereocenters. The maximum absolute atomic E-state index is 12.7. The number of nitrogen functional groups attached to an aromatic ring is 1. The SMILES string of the molecule is N=C(N)c1cccc(OCCCNC(=O)[C@H](Cc2c[nH]cn2)NC(=O)OCc2ccccc2)c1.O=C(O)C(F)(F)F.O=C(O)C(F)(F)F. The van der Waals surface area contributed by atoms with Crippen LogP contribution in [0.25, 0.3) is 0 Å². The van der Waals surface area contributed by atoms with Gasteiger partial charge in [0, 0.05) is 24.7 Å². The van der Waals surface area contributed by atoms with E-state index in [4.69, 9.17) is 40.4 Å². The van der Waals surface area contributed by atoms with E-state index in [0.29, 0.717) is 36.6 Å². The van der Waals surface area contributed by atoms with Crippen molar-refractivity contribution in [3.05, 3.63) is 83.9 Å². The number of amidine groups is 1. The molecule has 2 aromatic carbocycles. The van der Waals surface area contributed by atoms with E-state index in [1.807, 2.05) is 30.3 Å². The Hall–Kier alpha value is -5.82. The molecule has 3 rings (SSSR count). The van der Waals surface area contributed by atoms with Crippen molar-refractivity contribution in [3.8, 4) is 5.75 Å². The minimum atomic E-state index is -5.08. The highest BCUT2D eigenvalue weighted by Gasteiger charge is 2.38. The van der Waals surface area contributed by atoms with E-state index in [9.17, 15) is 35.9 Å². The molecule has 14 nitrogen and oxygen atoms in total. The summed E-state index contributed by atoms with van der Waals surface area (Å²) in [5.74, 6) is -5.30. The molecule has 0 fully saturated rings. The van der Waals surface area contributed by atoms with Crippen LogP contribution in [-0.4, -0.2) is 81.5 Å². The zero-order chi connectivity index (χ0) is 36.3. The van der Waals surface area contributed by atoms with Gasteiger partial charge in [0.05, 0.1) is 18.6 Å². The van der Waals surface area contributed by atoms with E-state index in [1.54, 1.807) is 30.5 Å². The molecule has 0 saturated carbocycles. The zero-order valence-corrected chi connectivity index (χ0v) is 24.6. The van der Waals surface area contributed by atoms with Crippen LogP contribution in [0.1, 0.15) is 23.2 Å². The van der Waals surface area contributed by atoms with E-state index < -0.39 is 36.4 Å². The van der Waals surface area contributed by atoms with Crippen molar-refractivity contribution in [1.82, 2.24) is 20.6 Å². The van der Waals surface area contributed by atoms with Gasteiger partial charge in [-0.3, -0.25) is 10.2 Å². The Labute approximate surface area is 267 Å². The first kappa shape index (κ1) is 40.2. The number of benzene rings is 2. The maximum atomic E-state index is 12.7. The van der Waals surface area contributed by atoms with Crippen molar-refractivity contribution in [2.75, 3.05) is 13.2 Å². The number of imidazole rings is 1. The summed E-state index contributed by atoms with van der Waals surface area (Å²) in [6.45, 7) is 0.812. The fourth-order valence-electron chi connectivity index (χ4n) is 3.08. The van der Waals surface area contributed by atoms with Gasteiger partial charge in [0.25, 0.3) is 0 Å². The van der Waals surface area contributed by atoms with Crippen LogP contribution in [-0.2, 0) is 32.1 Å². The molecule has 0 saturated heterocycles. The van der Waals surface area contributed by atoms with Gasteiger partial charge in [0.1, 0.15) is 24.2 Å². The number of H-pyrrole nitrogens is 1. The Kier molecular flexibility index (Phi) is 16.5. The monoisotopic (exact) mass is 692 g/mol. The number of hydrogen-bond donors (Lipinski definition) is 7. The summed E-state index contributed by atoms with van der Waals surface area (Å²) in [5, 5.41) is 27.2. The molecule has 20 heteroatoms. The van der Waals surface area contributed by atoms with Gasteiger partial charge in [-0.2, -0.15) is 26.3 Å². The second-order valence-electron chi connectivity index (χ2n) is 9.06. The number of ether oxygens (including phenoxy) is 2. The minimum Gasteiger partial charge on any atom is -0.494 e. The summed E-state index contributed by atoms with van der Waals surface area (Å²) in [5.41, 5.74) is 7.55. The Morgan fingerprint density at radius 3 is 2.08 bits per heavy atom. The van der Waals surface area contributed by atoms with Crippen molar-refractivity contribution < 1.29 is 65.2 Å². The molecule has 0 aliphatic rings. The summed E-state index contributed by atoms with van der Waals surface area (Å²) >= 11 is 0. The number of nitrogens with two attached hydrogens (primary N) is 1. The Balaban J connectivity index is 0.000000687. The van der Waals surface area contributed by atoms with Crippen LogP contribution in [0.5, 0.6) is 5.75 Å². The number of carboxylic acid groups (broad SMARTS) is 2. The normalized spacial score (nSPS) is 11.3. The van der Waals surface area contributed by atoms with Crippen LogP contribution in [0.3, 0.4) is 0 Å². The number of carbonyl (C=O) groups is 4. The predicted octanol–water partition coefficient (Wildman–Crippen LogP) is 3.38. The van der Waals surface area contributed by atoms with E-state index >= 15 is 0 Å². The lowest BCUT2D eigenvalue weighted by Crippen LogP contribution is -2.48. The summed E-state index contributed by atoms with van der Waals surface area (Å²) in [7, 11) is 0. The third-order valence-corrected chi connectivity index (χ3v) is 5.31. The van der Waals surface area contributed by atoms with E-state index in [1.165, 1.54) is 6.33 Å². The van der Waals surface area contributed by atoms with Crippen molar-refractivity contribution in [3.63, 3.8) is 0 Å². The Morgan fingerprint density at radius 1 is 0.958 bits per heavy atom. The average molecular weight is 693 g/mol. The number of nitrogens with one attached hydrogen (secondary N) is 4. The van der Waals surface area contributed by atoms with Gasteiger partial charge in [-0.15, -0.1) is 0 Å². The molecule has 48 heavy (non-hydrogen) atoms. The van der Waals surface area contributed by atoms with Gasteiger partial charge in [-0.25, -0.2) is 19.4 Å². The van der Waals surface area contributed by atoms with Crippen molar-refractivity contribution in [1.29, 1.82) is 5.41 Å². The Bertz CT molecular complexity index is 1450. The van der Waals surface area contributed by atoms with Crippen LogP contribution in [0.4, 0.5) is 31.1 Å². The van der Waals surface area contributed by atoms with Crippen LogP contribution in [0, 0.1) is 5.41 Å². The number of alkyl carbamates (subject to hydrolysis) is 1. The molecule has 0 unspecified atom stereocenters. The maximum Gasteiger partial charge on any atom is 0.490 e. The third-order valence-electron chi connectivity index (χ3n) is 5.31. The highest BCUT2D eigenvalue weighted by Crippen LogP contribution is 2.14.